The van der Waals surface area contributed by atoms with E-state index in [-0.39, 0.29) is 12.0 Å². The van der Waals surface area contributed by atoms with Gasteiger partial charge in [-0.25, -0.2) is 18.6 Å². The molecule has 0 spiro atoms. The summed E-state index contributed by atoms with van der Waals surface area (Å²) in [7, 11) is 0. The van der Waals surface area contributed by atoms with Crippen molar-refractivity contribution in [3.8, 4) is 0 Å². The fourth-order valence-electron chi connectivity index (χ4n) is 1.20. The van der Waals surface area contributed by atoms with Gasteiger partial charge in [-0.15, -0.1) is 0 Å². The summed E-state index contributed by atoms with van der Waals surface area (Å²) >= 11 is 0.818. The highest BCUT2D eigenvalue weighted by molar-refractivity contribution is 7.95. The summed E-state index contributed by atoms with van der Waals surface area (Å²) < 4.78 is 3.69. The van der Waals surface area contributed by atoms with Gasteiger partial charge in [0.25, 0.3) is 0 Å². The third-order valence-corrected chi connectivity index (χ3v) is 3.13. The smallest absolute Gasteiger partial charge is 0.419 e. The van der Waals surface area contributed by atoms with E-state index in [1.807, 2.05) is 13.8 Å². The molecule has 0 aromatic heterocycles. The van der Waals surface area contributed by atoms with Crippen molar-refractivity contribution in [1.29, 1.82) is 0 Å². The Balaban J connectivity index is 2.81. The second-order valence-electron chi connectivity index (χ2n) is 3.74. The molecule has 0 saturated carbocycles. The predicted octanol–water partition coefficient (Wildman–Crippen LogP) is 0.755. The molecule has 0 bridgehead atoms. The van der Waals surface area contributed by atoms with E-state index in [0.29, 0.717) is 0 Å². The largest absolute Gasteiger partial charge is 0.480 e. The summed E-state index contributed by atoms with van der Waals surface area (Å²) in [6.45, 7) is 3.66. The molecular weight excluding hydrogens is 208 g/mol. The lowest BCUT2D eigenvalue weighted by Gasteiger charge is -2.39. The molecule has 6 nitrogen and oxygen atoms in total. The van der Waals surface area contributed by atoms with Crippen LogP contribution in [0.4, 0.5) is 4.79 Å². The van der Waals surface area contributed by atoms with Gasteiger partial charge in [-0.2, -0.15) is 0 Å². The van der Waals surface area contributed by atoms with Crippen LogP contribution < -0.4 is 4.72 Å². The number of carboxylic acids is 1. The fraction of sp³-hybridized carbons (Fsp3) is 0.714. The van der Waals surface area contributed by atoms with Crippen LogP contribution in [0.2, 0.25) is 0 Å². The molecule has 1 heterocycles. The minimum absolute atomic E-state index is 0.252. The Morgan fingerprint density at radius 2 is 2.07 bits per heavy atom. The standard InChI is InChI=1S/C7H12N2O4S/c1-7(2)3-4(5(10)11)9(6(12)13)14-8-7/h4,8H,3H2,1-2H3,(H,10,11)(H,12,13). The number of carboxylic acid groups (broad SMARTS) is 2. The Hall–Kier alpha value is -0.950. The summed E-state index contributed by atoms with van der Waals surface area (Å²) in [5, 5.41) is 17.6. The van der Waals surface area contributed by atoms with E-state index in [1.165, 1.54) is 0 Å². The number of nitrogens with zero attached hydrogens (tertiary/aromatic N) is 1. The molecular formula is C7H12N2O4S. The van der Waals surface area contributed by atoms with Crippen molar-refractivity contribution in [3.63, 3.8) is 0 Å². The highest BCUT2D eigenvalue weighted by atomic mass is 32.2. The van der Waals surface area contributed by atoms with Crippen molar-refractivity contribution in [3.05, 3.63) is 0 Å². The zero-order chi connectivity index (χ0) is 10.9. The highest BCUT2D eigenvalue weighted by Gasteiger charge is 2.40. The van der Waals surface area contributed by atoms with Crippen LogP contribution >= 0.6 is 12.1 Å². The van der Waals surface area contributed by atoms with Crippen LogP contribution in [0.1, 0.15) is 20.3 Å². The normalized spacial score (nSPS) is 25.9. The number of amides is 1. The van der Waals surface area contributed by atoms with Gasteiger partial charge in [0.15, 0.2) is 0 Å². The molecule has 3 N–H and O–H groups in total. The summed E-state index contributed by atoms with van der Waals surface area (Å²) in [5.74, 6) is -1.12. The predicted molar refractivity (Wildman–Crippen MR) is 50.7 cm³/mol. The SMILES string of the molecule is CC1(C)CC(C(=O)O)N(C(=O)O)SN1. The van der Waals surface area contributed by atoms with Crippen LogP contribution in [-0.4, -0.2) is 38.2 Å². The van der Waals surface area contributed by atoms with Crippen molar-refractivity contribution in [2.75, 3.05) is 0 Å². The van der Waals surface area contributed by atoms with Crippen LogP contribution in [0.5, 0.6) is 0 Å². The Labute approximate surface area is 85.5 Å². The minimum atomic E-state index is -1.24. The van der Waals surface area contributed by atoms with Crippen LogP contribution in [0, 0.1) is 0 Å². The maximum absolute atomic E-state index is 10.8. The molecule has 1 aliphatic heterocycles. The lowest BCUT2D eigenvalue weighted by atomic mass is 9.96. The molecule has 7 heteroatoms. The number of nitrogens with one attached hydrogen (secondary N) is 1. The monoisotopic (exact) mass is 220 g/mol. The zero-order valence-electron chi connectivity index (χ0n) is 7.85. The molecule has 1 saturated heterocycles. The average Bonchev–Trinajstić information content (AvgIpc) is 2.01. The van der Waals surface area contributed by atoms with Gasteiger partial charge in [0, 0.05) is 17.7 Å². The number of aliphatic carboxylic acids is 1. The average molecular weight is 220 g/mol. The van der Waals surface area contributed by atoms with Gasteiger partial charge >= 0.3 is 12.1 Å². The molecule has 80 valence electrons. The molecule has 1 unspecified atom stereocenters. The number of carbonyl (C=O) groups is 2. The Bertz CT molecular complexity index is 268. The van der Waals surface area contributed by atoms with Crippen LogP contribution in [0.15, 0.2) is 0 Å². The Morgan fingerprint density at radius 1 is 1.50 bits per heavy atom. The van der Waals surface area contributed by atoms with E-state index in [0.717, 1.165) is 16.4 Å². The molecule has 1 rings (SSSR count). The van der Waals surface area contributed by atoms with Gasteiger partial charge in [-0.05, 0) is 20.3 Å². The summed E-state index contributed by atoms with van der Waals surface area (Å²) in [6.07, 6.45) is -0.993. The van der Waals surface area contributed by atoms with E-state index in [1.54, 1.807) is 0 Å². The van der Waals surface area contributed by atoms with Crippen molar-refractivity contribution in [2.24, 2.45) is 0 Å². The van der Waals surface area contributed by atoms with Crippen LogP contribution in [-0.2, 0) is 4.79 Å². The first kappa shape index (κ1) is 11.1. The van der Waals surface area contributed by atoms with Crippen molar-refractivity contribution >= 4 is 24.2 Å². The second kappa shape index (κ2) is 3.66. The van der Waals surface area contributed by atoms with Gasteiger partial charge < -0.3 is 10.2 Å². The molecule has 0 radical (unpaired) electrons. The highest BCUT2D eigenvalue weighted by Crippen LogP contribution is 2.29. The number of hydrogen-bond acceptors (Lipinski definition) is 4. The lowest BCUT2D eigenvalue weighted by Crippen LogP contribution is -2.54. The first-order chi connectivity index (χ1) is 6.33. The molecule has 0 aromatic rings. The molecule has 14 heavy (non-hydrogen) atoms. The molecule has 1 amide bonds. The maximum atomic E-state index is 10.8. The fourth-order valence-corrected chi connectivity index (χ4v) is 2.00. The number of rotatable bonds is 1. The van der Waals surface area contributed by atoms with E-state index >= 15 is 0 Å². The quantitative estimate of drug-likeness (QED) is 0.565. The van der Waals surface area contributed by atoms with Crippen LogP contribution in [0.25, 0.3) is 0 Å². The first-order valence-electron chi connectivity index (χ1n) is 4.02. The maximum Gasteiger partial charge on any atom is 0.419 e. The molecule has 1 atom stereocenters. The van der Waals surface area contributed by atoms with Crippen molar-refractivity contribution < 1.29 is 19.8 Å². The van der Waals surface area contributed by atoms with Gasteiger partial charge in [-0.3, -0.25) is 0 Å². The molecule has 0 aromatic carbocycles. The van der Waals surface area contributed by atoms with Gasteiger partial charge in [0.2, 0.25) is 0 Å². The van der Waals surface area contributed by atoms with E-state index < -0.39 is 18.1 Å². The Morgan fingerprint density at radius 3 is 2.50 bits per heavy atom. The third kappa shape index (κ3) is 2.30. The topological polar surface area (TPSA) is 89.9 Å². The van der Waals surface area contributed by atoms with Gasteiger partial charge in [0.05, 0.1) is 0 Å². The van der Waals surface area contributed by atoms with E-state index in [9.17, 15) is 9.59 Å². The third-order valence-electron chi connectivity index (χ3n) is 1.88. The summed E-state index contributed by atoms with van der Waals surface area (Å²) in [6, 6.07) is -0.992. The summed E-state index contributed by atoms with van der Waals surface area (Å²) in [5.41, 5.74) is -0.375. The van der Waals surface area contributed by atoms with Crippen LogP contribution in [0.3, 0.4) is 0 Å². The van der Waals surface area contributed by atoms with E-state index in [2.05, 4.69) is 4.72 Å². The first-order valence-corrected chi connectivity index (χ1v) is 4.80. The van der Waals surface area contributed by atoms with Crippen molar-refractivity contribution in [1.82, 2.24) is 9.03 Å². The van der Waals surface area contributed by atoms with E-state index in [4.69, 9.17) is 10.2 Å². The molecule has 1 fully saturated rings. The molecule has 1 aliphatic rings. The second-order valence-corrected chi connectivity index (χ2v) is 4.52. The minimum Gasteiger partial charge on any atom is -0.480 e. The summed E-state index contributed by atoms with van der Waals surface area (Å²) in [4.78, 5) is 21.5. The lowest BCUT2D eigenvalue weighted by molar-refractivity contribution is -0.141. The van der Waals surface area contributed by atoms with Gasteiger partial charge in [0.1, 0.15) is 6.04 Å². The zero-order valence-corrected chi connectivity index (χ0v) is 8.67. The number of hydrogen-bond donors (Lipinski definition) is 3. The van der Waals surface area contributed by atoms with Gasteiger partial charge in [-0.1, -0.05) is 0 Å². The Kier molecular flexibility index (Phi) is 2.91. The molecule has 0 aliphatic carbocycles. The van der Waals surface area contributed by atoms with Crippen molar-refractivity contribution in [2.45, 2.75) is 31.8 Å².